The van der Waals surface area contributed by atoms with Gasteiger partial charge in [-0.2, -0.15) is 0 Å². The number of esters is 1. The molecule has 104 valence electrons. The molecule has 0 fully saturated rings. The van der Waals surface area contributed by atoms with Crippen molar-refractivity contribution in [2.24, 2.45) is 0 Å². The van der Waals surface area contributed by atoms with Crippen molar-refractivity contribution in [1.82, 2.24) is 0 Å². The summed E-state index contributed by atoms with van der Waals surface area (Å²) in [6.07, 6.45) is 0. The van der Waals surface area contributed by atoms with Gasteiger partial charge in [0, 0.05) is 5.56 Å². The van der Waals surface area contributed by atoms with E-state index >= 15 is 0 Å². The predicted molar refractivity (Wildman–Crippen MR) is 70.3 cm³/mol. The summed E-state index contributed by atoms with van der Waals surface area (Å²) < 4.78 is 14.9. The Balaban J connectivity index is 3.33. The standard InChI is InChI=1S/C13H15ClO5/c1-5-19-13(16)11(15)8-6-9(17-3)12(18-4)10(14)7(8)2/h6H,5H2,1-4H3. The number of halogens is 1. The van der Waals surface area contributed by atoms with Gasteiger partial charge in [0.2, 0.25) is 0 Å². The quantitative estimate of drug-likeness (QED) is 0.472. The molecule has 0 N–H and O–H groups in total. The molecule has 1 aromatic carbocycles. The summed E-state index contributed by atoms with van der Waals surface area (Å²) in [5.41, 5.74) is 0.582. The lowest BCUT2D eigenvalue weighted by Crippen LogP contribution is -2.19. The van der Waals surface area contributed by atoms with E-state index in [0.29, 0.717) is 11.3 Å². The Morgan fingerprint density at radius 2 is 1.89 bits per heavy atom. The van der Waals surface area contributed by atoms with Crippen molar-refractivity contribution in [2.75, 3.05) is 20.8 Å². The molecule has 0 heterocycles. The Kier molecular flexibility index (Phi) is 5.18. The molecule has 19 heavy (non-hydrogen) atoms. The molecular formula is C13H15ClO5. The van der Waals surface area contributed by atoms with Crippen LogP contribution in [0.2, 0.25) is 5.02 Å². The predicted octanol–water partition coefficient (Wildman–Crippen LogP) is 2.41. The van der Waals surface area contributed by atoms with Crippen molar-refractivity contribution in [2.45, 2.75) is 13.8 Å². The first-order chi connectivity index (χ1) is 8.97. The van der Waals surface area contributed by atoms with Crippen molar-refractivity contribution < 1.29 is 23.8 Å². The minimum atomic E-state index is -0.922. The Hall–Kier alpha value is -1.75. The van der Waals surface area contributed by atoms with Gasteiger partial charge in [0.05, 0.1) is 25.8 Å². The van der Waals surface area contributed by atoms with Crippen molar-refractivity contribution in [3.05, 3.63) is 22.2 Å². The minimum absolute atomic E-state index is 0.130. The number of hydrogen-bond acceptors (Lipinski definition) is 5. The van der Waals surface area contributed by atoms with Gasteiger partial charge >= 0.3 is 5.97 Å². The van der Waals surface area contributed by atoms with Gasteiger partial charge in [-0.15, -0.1) is 0 Å². The fraction of sp³-hybridized carbons (Fsp3) is 0.385. The summed E-state index contributed by atoms with van der Waals surface area (Å²) in [6, 6.07) is 1.42. The third-order valence-electron chi connectivity index (χ3n) is 2.56. The Morgan fingerprint density at radius 3 is 2.37 bits per heavy atom. The molecule has 0 aliphatic heterocycles. The average molecular weight is 287 g/mol. The minimum Gasteiger partial charge on any atom is -0.493 e. The van der Waals surface area contributed by atoms with Crippen LogP contribution < -0.4 is 9.47 Å². The monoisotopic (exact) mass is 286 g/mol. The zero-order chi connectivity index (χ0) is 14.6. The van der Waals surface area contributed by atoms with Crippen LogP contribution in [-0.4, -0.2) is 32.6 Å². The Morgan fingerprint density at radius 1 is 1.26 bits per heavy atom. The molecule has 0 saturated heterocycles. The highest BCUT2D eigenvalue weighted by Crippen LogP contribution is 2.39. The van der Waals surface area contributed by atoms with Crippen molar-refractivity contribution in [3.8, 4) is 11.5 Å². The third-order valence-corrected chi connectivity index (χ3v) is 3.02. The van der Waals surface area contributed by atoms with Crippen molar-refractivity contribution in [1.29, 1.82) is 0 Å². The third kappa shape index (κ3) is 2.98. The van der Waals surface area contributed by atoms with E-state index in [-0.39, 0.29) is 22.9 Å². The molecule has 0 spiro atoms. The van der Waals surface area contributed by atoms with Gasteiger partial charge in [-0.05, 0) is 25.5 Å². The van der Waals surface area contributed by atoms with E-state index in [1.54, 1.807) is 13.8 Å². The summed E-state index contributed by atoms with van der Waals surface area (Å²) in [6.45, 7) is 3.38. The maximum atomic E-state index is 11.9. The molecule has 0 aliphatic carbocycles. The van der Waals surface area contributed by atoms with Gasteiger partial charge < -0.3 is 14.2 Å². The molecule has 0 aromatic heterocycles. The SMILES string of the molecule is CCOC(=O)C(=O)c1cc(OC)c(OC)c(Cl)c1C. The summed E-state index contributed by atoms with van der Waals surface area (Å²) in [4.78, 5) is 23.4. The summed E-state index contributed by atoms with van der Waals surface area (Å²) in [5, 5.41) is 0.231. The lowest BCUT2D eigenvalue weighted by atomic mass is 10.0. The molecule has 0 bridgehead atoms. The molecule has 1 rings (SSSR count). The summed E-state index contributed by atoms with van der Waals surface area (Å²) >= 11 is 6.10. The van der Waals surface area contributed by atoms with Crippen LogP contribution in [0.25, 0.3) is 0 Å². The summed E-state index contributed by atoms with van der Waals surface area (Å²) in [7, 11) is 2.86. The van der Waals surface area contributed by atoms with Gasteiger partial charge in [-0.25, -0.2) is 4.79 Å². The largest absolute Gasteiger partial charge is 0.493 e. The number of hydrogen-bond donors (Lipinski definition) is 0. The molecule has 0 saturated carbocycles. The van der Waals surface area contributed by atoms with E-state index in [1.807, 2.05) is 0 Å². The van der Waals surface area contributed by atoms with Crippen LogP contribution in [0.3, 0.4) is 0 Å². The number of ketones is 1. The van der Waals surface area contributed by atoms with Gasteiger partial charge in [0.1, 0.15) is 0 Å². The number of Topliss-reactive ketones (excluding diaryl/α,β-unsaturated/α-hetero) is 1. The fourth-order valence-electron chi connectivity index (χ4n) is 1.59. The maximum Gasteiger partial charge on any atom is 0.379 e. The zero-order valence-corrected chi connectivity index (χ0v) is 12.0. The van der Waals surface area contributed by atoms with Crippen LogP contribution in [0, 0.1) is 6.92 Å². The maximum absolute atomic E-state index is 11.9. The number of ether oxygens (including phenoxy) is 3. The molecule has 0 aliphatic rings. The van der Waals surface area contributed by atoms with E-state index < -0.39 is 11.8 Å². The van der Waals surface area contributed by atoms with Crippen LogP contribution in [-0.2, 0) is 9.53 Å². The zero-order valence-electron chi connectivity index (χ0n) is 11.2. The first-order valence-corrected chi connectivity index (χ1v) is 5.98. The lowest BCUT2D eigenvalue weighted by Gasteiger charge is -2.14. The van der Waals surface area contributed by atoms with Gasteiger partial charge in [-0.1, -0.05) is 11.6 Å². The smallest absolute Gasteiger partial charge is 0.379 e. The van der Waals surface area contributed by atoms with Crippen LogP contribution in [0.1, 0.15) is 22.8 Å². The molecule has 6 heteroatoms. The highest BCUT2D eigenvalue weighted by atomic mass is 35.5. The van der Waals surface area contributed by atoms with E-state index in [4.69, 9.17) is 21.1 Å². The number of rotatable bonds is 5. The normalized spacial score (nSPS) is 9.95. The molecular weight excluding hydrogens is 272 g/mol. The second-order valence-corrected chi connectivity index (χ2v) is 4.03. The van der Waals surface area contributed by atoms with Gasteiger partial charge in [-0.3, -0.25) is 4.79 Å². The van der Waals surface area contributed by atoms with Crippen molar-refractivity contribution >= 4 is 23.4 Å². The first-order valence-electron chi connectivity index (χ1n) is 5.60. The molecule has 0 radical (unpaired) electrons. The first kappa shape index (κ1) is 15.3. The lowest BCUT2D eigenvalue weighted by molar-refractivity contribution is -0.137. The van der Waals surface area contributed by atoms with Gasteiger partial charge in [0.15, 0.2) is 11.5 Å². The molecule has 0 amide bonds. The average Bonchev–Trinajstić information content (AvgIpc) is 2.41. The topological polar surface area (TPSA) is 61.8 Å². The molecule has 5 nitrogen and oxygen atoms in total. The van der Waals surface area contributed by atoms with Crippen LogP contribution in [0.4, 0.5) is 0 Å². The second kappa shape index (κ2) is 6.43. The number of carbonyl (C=O) groups is 2. The summed E-state index contributed by atoms with van der Waals surface area (Å²) in [5.74, 6) is -1.08. The van der Waals surface area contributed by atoms with E-state index in [9.17, 15) is 9.59 Å². The second-order valence-electron chi connectivity index (χ2n) is 3.65. The molecule has 1 aromatic rings. The number of carbonyl (C=O) groups excluding carboxylic acids is 2. The van der Waals surface area contributed by atoms with E-state index in [2.05, 4.69) is 4.74 Å². The molecule has 0 atom stereocenters. The highest BCUT2D eigenvalue weighted by molar-refractivity contribution is 6.42. The fourth-order valence-corrected chi connectivity index (χ4v) is 1.86. The van der Waals surface area contributed by atoms with Crippen LogP contribution >= 0.6 is 11.6 Å². The van der Waals surface area contributed by atoms with E-state index in [1.165, 1.54) is 20.3 Å². The Labute approximate surface area is 116 Å². The van der Waals surface area contributed by atoms with E-state index in [0.717, 1.165) is 0 Å². The van der Waals surface area contributed by atoms with Crippen LogP contribution in [0.15, 0.2) is 6.07 Å². The Bertz CT molecular complexity index is 510. The number of methoxy groups -OCH3 is 2. The molecule has 0 unspecified atom stereocenters. The highest BCUT2D eigenvalue weighted by Gasteiger charge is 2.24. The van der Waals surface area contributed by atoms with Crippen LogP contribution in [0.5, 0.6) is 11.5 Å². The van der Waals surface area contributed by atoms with Gasteiger partial charge in [0.25, 0.3) is 5.78 Å². The van der Waals surface area contributed by atoms with Crippen molar-refractivity contribution in [3.63, 3.8) is 0 Å². The number of benzene rings is 1.